The molecule has 5 N–H and O–H groups in total. The van der Waals surface area contributed by atoms with E-state index in [2.05, 4.69) is 10.3 Å². The van der Waals surface area contributed by atoms with Crippen LogP contribution in [-0.2, 0) is 0 Å². The van der Waals surface area contributed by atoms with E-state index in [1.807, 2.05) is 4.98 Å². The molecule has 1 heterocycles. The number of nitrogens with one attached hydrogen (secondary N) is 3. The molecule has 7 nitrogen and oxygen atoms in total. The molecule has 0 spiro atoms. The summed E-state index contributed by atoms with van der Waals surface area (Å²) in [5.74, 6) is -0.0896. The summed E-state index contributed by atoms with van der Waals surface area (Å²) in [6, 6.07) is 0.955. The van der Waals surface area contributed by atoms with Crippen molar-refractivity contribution in [3.8, 4) is 0 Å². The number of carbonyl (C=O) groups excluding carboxylic acids is 1. The predicted octanol–water partition coefficient (Wildman–Crippen LogP) is -0.690. The van der Waals surface area contributed by atoms with Crippen molar-refractivity contribution >= 4 is 5.91 Å². The molecule has 1 aliphatic rings. The fourth-order valence-electron chi connectivity index (χ4n) is 2.57. The van der Waals surface area contributed by atoms with Crippen molar-refractivity contribution in [1.82, 2.24) is 15.3 Å². The van der Waals surface area contributed by atoms with Crippen molar-refractivity contribution < 1.29 is 4.79 Å². The summed E-state index contributed by atoms with van der Waals surface area (Å²) >= 11 is 0. The van der Waals surface area contributed by atoms with Crippen molar-refractivity contribution in [2.45, 2.75) is 31.7 Å². The topological polar surface area (TPSA) is 121 Å². The summed E-state index contributed by atoms with van der Waals surface area (Å²) < 4.78 is 0. The Morgan fingerprint density at radius 3 is 2.63 bits per heavy atom. The lowest BCUT2D eigenvalue weighted by atomic mass is 9.98. The van der Waals surface area contributed by atoms with E-state index >= 15 is 0 Å². The van der Waals surface area contributed by atoms with E-state index in [0.29, 0.717) is 12.5 Å². The Labute approximate surface area is 109 Å². The second-order valence-corrected chi connectivity index (χ2v) is 4.86. The Kier molecular flexibility index (Phi) is 4.16. The first-order valence-electron chi connectivity index (χ1n) is 6.44. The molecule has 1 saturated carbocycles. The van der Waals surface area contributed by atoms with Gasteiger partial charge in [0.25, 0.3) is 11.5 Å². The predicted molar refractivity (Wildman–Crippen MR) is 70.0 cm³/mol. The highest BCUT2D eigenvalue weighted by Crippen LogP contribution is 2.27. The molecule has 104 valence electrons. The van der Waals surface area contributed by atoms with Crippen LogP contribution in [0.3, 0.4) is 0 Å². The average Bonchev–Trinajstić information content (AvgIpc) is 2.88. The summed E-state index contributed by atoms with van der Waals surface area (Å²) in [4.78, 5) is 38.6. The van der Waals surface area contributed by atoms with Crippen LogP contribution in [-0.4, -0.2) is 28.5 Å². The number of amides is 1. The van der Waals surface area contributed by atoms with Gasteiger partial charge in [-0.2, -0.15) is 0 Å². The molecule has 7 heteroatoms. The van der Waals surface area contributed by atoms with Crippen molar-refractivity contribution in [3.63, 3.8) is 0 Å². The number of hydrogen-bond acceptors (Lipinski definition) is 4. The molecule has 1 fully saturated rings. The zero-order valence-electron chi connectivity index (χ0n) is 10.6. The first-order valence-corrected chi connectivity index (χ1v) is 6.44. The Hall–Kier alpha value is -1.89. The van der Waals surface area contributed by atoms with Gasteiger partial charge in [-0.15, -0.1) is 0 Å². The molecule has 2 rings (SSSR count). The minimum Gasteiger partial charge on any atom is -0.346 e. The normalized spacial score (nSPS) is 17.3. The SMILES string of the molecule is NCC(NC(=O)c1cc(=O)[nH]c(=O)[nH]1)C1CCCC1. The largest absolute Gasteiger partial charge is 0.346 e. The molecule has 1 aromatic heterocycles. The molecular formula is C12H18N4O3. The number of aromatic nitrogens is 2. The molecule has 0 bridgehead atoms. The van der Waals surface area contributed by atoms with E-state index in [1.165, 1.54) is 0 Å². The van der Waals surface area contributed by atoms with Gasteiger partial charge in [0, 0.05) is 18.7 Å². The third-order valence-corrected chi connectivity index (χ3v) is 3.54. The van der Waals surface area contributed by atoms with Crippen LogP contribution in [0.25, 0.3) is 0 Å². The Morgan fingerprint density at radius 1 is 1.37 bits per heavy atom. The summed E-state index contributed by atoms with van der Waals surface area (Å²) in [6.07, 6.45) is 4.40. The fraction of sp³-hybridized carbons (Fsp3) is 0.583. The van der Waals surface area contributed by atoms with Gasteiger partial charge in [-0.1, -0.05) is 12.8 Å². The first kappa shape index (κ1) is 13.5. The third-order valence-electron chi connectivity index (χ3n) is 3.54. The number of aromatic amines is 2. The minimum absolute atomic E-state index is 0.0369. The zero-order chi connectivity index (χ0) is 13.8. The molecule has 1 aromatic rings. The highest BCUT2D eigenvalue weighted by molar-refractivity contribution is 5.92. The standard InChI is InChI=1S/C12H18N4O3/c13-6-9(7-3-1-2-4-7)14-11(18)8-5-10(17)16-12(19)15-8/h5,7,9H,1-4,6,13H2,(H,14,18)(H2,15,16,17,19). The fourth-order valence-corrected chi connectivity index (χ4v) is 2.57. The maximum absolute atomic E-state index is 12.0. The Balaban J connectivity index is 2.10. The maximum Gasteiger partial charge on any atom is 0.326 e. The minimum atomic E-state index is -0.692. The molecule has 1 amide bonds. The number of H-pyrrole nitrogens is 2. The van der Waals surface area contributed by atoms with Crippen LogP contribution in [0.4, 0.5) is 0 Å². The van der Waals surface area contributed by atoms with Crippen molar-refractivity contribution in [1.29, 1.82) is 0 Å². The molecular weight excluding hydrogens is 248 g/mol. The third kappa shape index (κ3) is 3.31. The second kappa shape index (κ2) is 5.83. The number of rotatable bonds is 4. The van der Waals surface area contributed by atoms with Gasteiger partial charge in [-0.3, -0.25) is 14.6 Å². The number of carbonyl (C=O) groups is 1. The average molecular weight is 266 g/mol. The van der Waals surface area contributed by atoms with Crippen LogP contribution in [0.15, 0.2) is 15.7 Å². The zero-order valence-corrected chi connectivity index (χ0v) is 10.6. The molecule has 1 aliphatic carbocycles. The van der Waals surface area contributed by atoms with Crippen LogP contribution in [0.1, 0.15) is 36.2 Å². The van der Waals surface area contributed by atoms with Gasteiger partial charge < -0.3 is 16.0 Å². The van der Waals surface area contributed by atoms with E-state index < -0.39 is 17.2 Å². The summed E-state index contributed by atoms with van der Waals surface area (Å²) in [5.41, 5.74) is 4.36. The lowest BCUT2D eigenvalue weighted by Crippen LogP contribution is -2.45. The monoisotopic (exact) mass is 266 g/mol. The lowest BCUT2D eigenvalue weighted by molar-refractivity contribution is 0.0918. The highest BCUT2D eigenvalue weighted by Gasteiger charge is 2.25. The van der Waals surface area contributed by atoms with E-state index in [0.717, 1.165) is 31.7 Å². The summed E-state index contributed by atoms with van der Waals surface area (Å²) in [7, 11) is 0. The van der Waals surface area contributed by atoms with Crippen molar-refractivity contribution in [2.24, 2.45) is 11.7 Å². The second-order valence-electron chi connectivity index (χ2n) is 4.86. The van der Waals surface area contributed by atoms with Gasteiger partial charge >= 0.3 is 5.69 Å². The van der Waals surface area contributed by atoms with Crippen LogP contribution in [0, 0.1) is 5.92 Å². The Bertz CT molecular complexity index is 528. The molecule has 19 heavy (non-hydrogen) atoms. The smallest absolute Gasteiger partial charge is 0.326 e. The van der Waals surface area contributed by atoms with Crippen LogP contribution in [0.2, 0.25) is 0 Å². The Morgan fingerprint density at radius 2 is 2.05 bits per heavy atom. The van der Waals surface area contributed by atoms with Gasteiger partial charge in [-0.25, -0.2) is 4.79 Å². The number of nitrogens with two attached hydrogens (primary N) is 1. The number of hydrogen-bond donors (Lipinski definition) is 4. The van der Waals surface area contributed by atoms with Crippen LogP contribution in [0.5, 0.6) is 0 Å². The van der Waals surface area contributed by atoms with Gasteiger partial charge in [0.1, 0.15) is 5.69 Å². The van der Waals surface area contributed by atoms with Crippen LogP contribution >= 0.6 is 0 Å². The van der Waals surface area contributed by atoms with Gasteiger partial charge in [0.05, 0.1) is 0 Å². The van der Waals surface area contributed by atoms with E-state index in [9.17, 15) is 14.4 Å². The van der Waals surface area contributed by atoms with Crippen molar-refractivity contribution in [3.05, 3.63) is 32.6 Å². The molecule has 0 radical (unpaired) electrons. The quantitative estimate of drug-likeness (QED) is 0.576. The molecule has 0 saturated heterocycles. The van der Waals surface area contributed by atoms with Gasteiger partial charge in [-0.05, 0) is 18.8 Å². The van der Waals surface area contributed by atoms with E-state index in [1.54, 1.807) is 0 Å². The van der Waals surface area contributed by atoms with Gasteiger partial charge in [0.15, 0.2) is 0 Å². The summed E-state index contributed by atoms with van der Waals surface area (Å²) in [5, 5.41) is 2.79. The molecule has 1 unspecified atom stereocenters. The van der Waals surface area contributed by atoms with E-state index in [4.69, 9.17) is 5.73 Å². The first-order chi connectivity index (χ1) is 9.10. The summed E-state index contributed by atoms with van der Waals surface area (Å²) in [6.45, 7) is 0.351. The van der Waals surface area contributed by atoms with Crippen molar-refractivity contribution in [2.75, 3.05) is 6.54 Å². The van der Waals surface area contributed by atoms with Crippen LogP contribution < -0.4 is 22.3 Å². The molecule has 0 aliphatic heterocycles. The highest BCUT2D eigenvalue weighted by atomic mass is 16.2. The molecule has 0 aromatic carbocycles. The van der Waals surface area contributed by atoms with Gasteiger partial charge in [0.2, 0.25) is 0 Å². The maximum atomic E-state index is 12.0. The van der Waals surface area contributed by atoms with E-state index in [-0.39, 0.29) is 11.7 Å². The lowest BCUT2D eigenvalue weighted by Gasteiger charge is -2.22. The molecule has 1 atom stereocenters.